The van der Waals surface area contributed by atoms with Crippen LogP contribution < -0.4 is 0 Å². The first kappa shape index (κ1) is 12.4. The number of allylic oxidation sites excluding steroid dienone is 1. The van der Waals surface area contributed by atoms with Gasteiger partial charge in [0.05, 0.1) is 29.2 Å². The lowest BCUT2D eigenvalue weighted by Crippen LogP contribution is -2.02. The first-order chi connectivity index (χ1) is 8.10. The molecule has 0 N–H and O–H groups in total. The molecule has 0 aliphatic carbocycles. The maximum absolute atomic E-state index is 11.2. The maximum atomic E-state index is 11.2. The predicted octanol–water partition coefficient (Wildman–Crippen LogP) is 1.92. The zero-order valence-electron chi connectivity index (χ0n) is 8.91. The first-order valence-electron chi connectivity index (χ1n) is 4.53. The van der Waals surface area contributed by atoms with Gasteiger partial charge >= 0.3 is 5.97 Å². The molecule has 0 aliphatic heterocycles. The molecule has 0 bridgehead atoms. The standard InChI is InChI=1S/C11H8N2O4/c1-17-11(14)9-5-4-8(3-2-6-12)10(7-9)13(15)16/h2-5,7H,1H3/b3-2-. The third-order valence-corrected chi connectivity index (χ3v) is 1.99. The second-order valence-corrected chi connectivity index (χ2v) is 2.98. The van der Waals surface area contributed by atoms with E-state index in [2.05, 4.69) is 4.74 Å². The Hall–Kier alpha value is -2.68. The predicted molar refractivity (Wildman–Crippen MR) is 59.1 cm³/mol. The summed E-state index contributed by atoms with van der Waals surface area (Å²) in [6.45, 7) is 0. The largest absolute Gasteiger partial charge is 0.465 e. The number of ether oxygens (including phenoxy) is 1. The molecule has 0 aromatic heterocycles. The Labute approximate surface area is 96.9 Å². The number of nitriles is 1. The number of hydrogen-bond acceptors (Lipinski definition) is 5. The van der Waals surface area contributed by atoms with Crippen molar-refractivity contribution in [2.75, 3.05) is 7.11 Å². The van der Waals surface area contributed by atoms with Gasteiger partial charge in [0.15, 0.2) is 0 Å². The average Bonchev–Trinajstić information content (AvgIpc) is 2.35. The van der Waals surface area contributed by atoms with Crippen molar-refractivity contribution in [3.05, 3.63) is 45.5 Å². The van der Waals surface area contributed by atoms with Crippen LogP contribution in [0.3, 0.4) is 0 Å². The lowest BCUT2D eigenvalue weighted by Gasteiger charge is -2.01. The topological polar surface area (TPSA) is 93.2 Å². The van der Waals surface area contributed by atoms with Crippen molar-refractivity contribution in [3.63, 3.8) is 0 Å². The summed E-state index contributed by atoms with van der Waals surface area (Å²) in [7, 11) is 1.19. The Morgan fingerprint density at radius 3 is 2.82 bits per heavy atom. The van der Waals surface area contributed by atoms with Crippen molar-refractivity contribution in [1.29, 1.82) is 5.26 Å². The molecular formula is C11H8N2O4. The lowest BCUT2D eigenvalue weighted by molar-refractivity contribution is -0.385. The van der Waals surface area contributed by atoms with Gasteiger partial charge in [0.1, 0.15) is 0 Å². The Kier molecular flexibility index (Phi) is 3.95. The quantitative estimate of drug-likeness (QED) is 0.343. The van der Waals surface area contributed by atoms with Crippen LogP contribution in [0, 0.1) is 21.4 Å². The molecular weight excluding hydrogens is 224 g/mol. The van der Waals surface area contributed by atoms with E-state index in [9.17, 15) is 14.9 Å². The van der Waals surface area contributed by atoms with Crippen LogP contribution in [0.4, 0.5) is 5.69 Å². The summed E-state index contributed by atoms with van der Waals surface area (Å²) < 4.78 is 4.46. The fourth-order valence-electron chi connectivity index (χ4n) is 1.21. The van der Waals surface area contributed by atoms with Gasteiger partial charge in [0.25, 0.3) is 5.69 Å². The zero-order valence-corrected chi connectivity index (χ0v) is 8.91. The summed E-state index contributed by atoms with van der Waals surface area (Å²) in [5.74, 6) is -0.649. The van der Waals surface area contributed by atoms with Crippen LogP contribution in [0.15, 0.2) is 24.3 Å². The normalized spacial score (nSPS) is 9.88. The number of hydrogen-bond donors (Lipinski definition) is 0. The molecule has 0 heterocycles. The minimum atomic E-state index is -0.649. The van der Waals surface area contributed by atoms with Gasteiger partial charge in [-0.05, 0) is 18.2 Å². The van der Waals surface area contributed by atoms with Gasteiger partial charge in [0, 0.05) is 12.1 Å². The van der Waals surface area contributed by atoms with E-state index in [1.54, 1.807) is 6.07 Å². The van der Waals surface area contributed by atoms with E-state index >= 15 is 0 Å². The van der Waals surface area contributed by atoms with Gasteiger partial charge in [-0.25, -0.2) is 4.79 Å². The number of nitro benzene ring substituents is 1. The fourth-order valence-corrected chi connectivity index (χ4v) is 1.21. The molecule has 0 unspecified atom stereocenters. The molecule has 1 rings (SSSR count). The number of carbonyl (C=O) groups excluding carboxylic acids is 1. The molecule has 86 valence electrons. The van der Waals surface area contributed by atoms with Crippen molar-refractivity contribution in [1.82, 2.24) is 0 Å². The number of carbonyl (C=O) groups is 1. The molecule has 0 atom stereocenters. The second-order valence-electron chi connectivity index (χ2n) is 2.98. The Balaban J connectivity index is 3.27. The minimum Gasteiger partial charge on any atom is -0.465 e. The molecule has 0 radical (unpaired) electrons. The monoisotopic (exact) mass is 232 g/mol. The highest BCUT2D eigenvalue weighted by molar-refractivity contribution is 5.90. The smallest absolute Gasteiger partial charge is 0.338 e. The number of rotatable bonds is 3. The van der Waals surface area contributed by atoms with Crippen LogP contribution in [0.25, 0.3) is 6.08 Å². The average molecular weight is 232 g/mol. The molecule has 1 aromatic rings. The molecule has 0 spiro atoms. The van der Waals surface area contributed by atoms with E-state index in [-0.39, 0.29) is 16.8 Å². The highest BCUT2D eigenvalue weighted by Gasteiger charge is 2.16. The molecule has 6 nitrogen and oxygen atoms in total. The van der Waals surface area contributed by atoms with Gasteiger partial charge in [-0.15, -0.1) is 0 Å². The van der Waals surface area contributed by atoms with Gasteiger partial charge in [0.2, 0.25) is 0 Å². The summed E-state index contributed by atoms with van der Waals surface area (Å²) in [5.41, 5.74) is 0.0944. The van der Waals surface area contributed by atoms with E-state index in [0.717, 1.165) is 12.1 Å². The molecule has 0 saturated carbocycles. The van der Waals surface area contributed by atoms with Crippen molar-refractivity contribution in [2.24, 2.45) is 0 Å². The molecule has 1 aromatic carbocycles. The van der Waals surface area contributed by atoms with E-state index in [1.165, 1.54) is 25.3 Å². The number of nitro groups is 1. The Morgan fingerprint density at radius 2 is 2.29 bits per heavy atom. The van der Waals surface area contributed by atoms with E-state index in [1.807, 2.05) is 0 Å². The molecule has 0 saturated heterocycles. The summed E-state index contributed by atoms with van der Waals surface area (Å²) in [4.78, 5) is 21.4. The summed E-state index contributed by atoms with van der Waals surface area (Å²) in [6.07, 6.45) is 2.43. The Morgan fingerprint density at radius 1 is 1.59 bits per heavy atom. The summed E-state index contributed by atoms with van der Waals surface area (Å²) in [5, 5.41) is 19.1. The highest BCUT2D eigenvalue weighted by atomic mass is 16.6. The third kappa shape index (κ3) is 2.89. The van der Waals surface area contributed by atoms with Crippen LogP contribution >= 0.6 is 0 Å². The van der Waals surface area contributed by atoms with Crippen molar-refractivity contribution in [2.45, 2.75) is 0 Å². The van der Waals surface area contributed by atoms with E-state index in [0.29, 0.717) is 0 Å². The van der Waals surface area contributed by atoms with Crippen molar-refractivity contribution in [3.8, 4) is 6.07 Å². The molecule has 0 amide bonds. The van der Waals surface area contributed by atoms with E-state index in [4.69, 9.17) is 5.26 Å². The van der Waals surface area contributed by atoms with Gasteiger partial charge in [-0.3, -0.25) is 10.1 Å². The summed E-state index contributed by atoms with van der Waals surface area (Å²) in [6, 6.07) is 5.64. The van der Waals surface area contributed by atoms with Crippen molar-refractivity contribution >= 4 is 17.7 Å². The first-order valence-corrected chi connectivity index (χ1v) is 4.53. The lowest BCUT2D eigenvalue weighted by atomic mass is 10.1. The number of methoxy groups -OCH3 is 1. The van der Waals surface area contributed by atoms with Crippen LogP contribution in [-0.2, 0) is 4.74 Å². The SMILES string of the molecule is COC(=O)c1ccc(/C=C\C#N)c([N+](=O)[O-])c1. The summed E-state index contributed by atoms with van der Waals surface area (Å²) >= 11 is 0. The highest BCUT2D eigenvalue weighted by Crippen LogP contribution is 2.22. The second kappa shape index (κ2) is 5.42. The van der Waals surface area contributed by atoms with Crippen LogP contribution in [0.5, 0.6) is 0 Å². The van der Waals surface area contributed by atoms with Crippen LogP contribution in [0.1, 0.15) is 15.9 Å². The molecule has 0 fully saturated rings. The Bertz CT molecular complexity index is 529. The third-order valence-electron chi connectivity index (χ3n) is 1.99. The molecule has 0 aliphatic rings. The maximum Gasteiger partial charge on any atom is 0.338 e. The fraction of sp³-hybridized carbons (Fsp3) is 0.0909. The van der Waals surface area contributed by atoms with Gasteiger partial charge in [-0.1, -0.05) is 0 Å². The van der Waals surface area contributed by atoms with Gasteiger partial charge < -0.3 is 4.74 Å². The zero-order chi connectivity index (χ0) is 12.8. The minimum absolute atomic E-state index is 0.0910. The number of esters is 1. The van der Waals surface area contributed by atoms with Crippen LogP contribution in [-0.4, -0.2) is 18.0 Å². The number of benzene rings is 1. The van der Waals surface area contributed by atoms with Gasteiger partial charge in [-0.2, -0.15) is 5.26 Å². The molecule has 17 heavy (non-hydrogen) atoms. The number of nitrogens with zero attached hydrogens (tertiary/aromatic N) is 2. The van der Waals surface area contributed by atoms with E-state index < -0.39 is 10.9 Å². The van der Waals surface area contributed by atoms with Crippen LogP contribution in [0.2, 0.25) is 0 Å². The molecule has 6 heteroatoms. The van der Waals surface area contributed by atoms with Crippen molar-refractivity contribution < 1.29 is 14.5 Å².